The molecule has 0 aromatic heterocycles. The highest BCUT2D eigenvalue weighted by atomic mass is 19.4. The Hall–Kier alpha value is -1.59. The van der Waals surface area contributed by atoms with Gasteiger partial charge < -0.3 is 5.32 Å². The van der Waals surface area contributed by atoms with E-state index in [1.807, 2.05) is 5.32 Å². The monoisotopic (exact) mass is 263 g/mol. The van der Waals surface area contributed by atoms with Crippen LogP contribution in [-0.2, 0) is 4.79 Å². The van der Waals surface area contributed by atoms with Crippen LogP contribution in [0.15, 0.2) is 24.3 Å². The molecule has 0 bridgehead atoms. The normalized spacial score (nSPS) is 13.5. The van der Waals surface area contributed by atoms with Crippen molar-refractivity contribution in [2.75, 3.05) is 0 Å². The molecule has 0 aliphatic rings. The molecule has 1 amide bonds. The van der Waals surface area contributed by atoms with Gasteiger partial charge in [0.05, 0.1) is 0 Å². The van der Waals surface area contributed by atoms with E-state index in [-0.39, 0.29) is 5.56 Å². The summed E-state index contributed by atoms with van der Waals surface area (Å²) >= 11 is 0. The molecular formula is C12H13F4NO. The van der Waals surface area contributed by atoms with Gasteiger partial charge in [0.2, 0.25) is 5.91 Å². The van der Waals surface area contributed by atoms with Crippen molar-refractivity contribution in [1.82, 2.24) is 5.32 Å². The Morgan fingerprint density at radius 3 is 2.06 bits per heavy atom. The van der Waals surface area contributed by atoms with Crippen LogP contribution in [0.4, 0.5) is 17.6 Å². The quantitative estimate of drug-likeness (QED) is 0.834. The molecule has 18 heavy (non-hydrogen) atoms. The van der Waals surface area contributed by atoms with E-state index < -0.39 is 29.9 Å². The molecule has 0 saturated carbocycles. The highest BCUT2D eigenvalue weighted by Gasteiger charge is 2.42. The molecule has 1 aromatic rings. The molecule has 100 valence electrons. The van der Waals surface area contributed by atoms with Gasteiger partial charge in [-0.05, 0) is 17.7 Å². The van der Waals surface area contributed by atoms with Gasteiger partial charge in [-0.1, -0.05) is 26.0 Å². The fraction of sp³-hybridized carbons (Fsp3) is 0.417. The first-order valence-corrected chi connectivity index (χ1v) is 5.34. The fourth-order valence-corrected chi connectivity index (χ4v) is 1.32. The Morgan fingerprint density at radius 1 is 1.17 bits per heavy atom. The van der Waals surface area contributed by atoms with Gasteiger partial charge in [-0.25, -0.2) is 4.39 Å². The highest BCUT2D eigenvalue weighted by Crippen LogP contribution is 2.32. The van der Waals surface area contributed by atoms with Crippen molar-refractivity contribution in [2.24, 2.45) is 5.92 Å². The zero-order chi connectivity index (χ0) is 13.9. The number of amides is 1. The van der Waals surface area contributed by atoms with E-state index in [4.69, 9.17) is 0 Å². The number of nitrogens with one attached hydrogen (secondary N) is 1. The summed E-state index contributed by atoms with van der Waals surface area (Å²) < 4.78 is 51.1. The van der Waals surface area contributed by atoms with Crippen LogP contribution in [0.25, 0.3) is 0 Å². The van der Waals surface area contributed by atoms with Gasteiger partial charge in [0.1, 0.15) is 5.82 Å². The molecular weight excluding hydrogens is 250 g/mol. The minimum absolute atomic E-state index is 0.196. The Morgan fingerprint density at radius 2 is 1.67 bits per heavy atom. The summed E-state index contributed by atoms with van der Waals surface area (Å²) in [6, 6.07) is 1.75. The number of alkyl halides is 3. The summed E-state index contributed by atoms with van der Waals surface area (Å²) in [6.07, 6.45) is -4.62. The maximum atomic E-state index is 12.8. The summed E-state index contributed by atoms with van der Waals surface area (Å²) in [5, 5.41) is 1.91. The molecule has 0 spiro atoms. The van der Waals surface area contributed by atoms with Gasteiger partial charge in [0, 0.05) is 5.92 Å². The largest absolute Gasteiger partial charge is 0.412 e. The standard InChI is InChI=1S/C12H13F4NO/c1-7(2)11(18)17-10(12(14,15)16)8-3-5-9(13)6-4-8/h3-7,10H,1-2H3,(H,17,18)/t10-/m0/s1. The van der Waals surface area contributed by atoms with Crippen LogP contribution in [0, 0.1) is 11.7 Å². The van der Waals surface area contributed by atoms with Crippen molar-refractivity contribution in [1.29, 1.82) is 0 Å². The summed E-state index contributed by atoms with van der Waals surface area (Å²) in [4.78, 5) is 11.4. The predicted octanol–water partition coefficient (Wildman–Crippen LogP) is 3.20. The molecule has 6 heteroatoms. The van der Waals surface area contributed by atoms with Gasteiger partial charge in [0.15, 0.2) is 6.04 Å². The third-order valence-corrected chi connectivity index (χ3v) is 2.34. The van der Waals surface area contributed by atoms with Crippen molar-refractivity contribution < 1.29 is 22.4 Å². The van der Waals surface area contributed by atoms with Crippen LogP contribution in [-0.4, -0.2) is 12.1 Å². The van der Waals surface area contributed by atoms with Crippen molar-refractivity contribution >= 4 is 5.91 Å². The number of rotatable bonds is 3. The Balaban J connectivity index is 2.99. The number of benzene rings is 1. The molecule has 0 saturated heterocycles. The summed E-state index contributed by atoms with van der Waals surface area (Å²) in [5.41, 5.74) is -0.196. The second-order valence-electron chi connectivity index (χ2n) is 4.19. The summed E-state index contributed by atoms with van der Waals surface area (Å²) in [7, 11) is 0. The van der Waals surface area contributed by atoms with Gasteiger partial charge >= 0.3 is 6.18 Å². The lowest BCUT2D eigenvalue weighted by Gasteiger charge is -2.23. The Labute approximate surface area is 102 Å². The van der Waals surface area contributed by atoms with Gasteiger partial charge in [-0.15, -0.1) is 0 Å². The van der Waals surface area contributed by atoms with E-state index in [9.17, 15) is 22.4 Å². The average Bonchev–Trinajstić information content (AvgIpc) is 2.25. The van der Waals surface area contributed by atoms with Crippen LogP contribution in [0.3, 0.4) is 0 Å². The second kappa shape index (κ2) is 5.37. The SMILES string of the molecule is CC(C)C(=O)N[C@@H](c1ccc(F)cc1)C(F)(F)F. The number of carbonyl (C=O) groups excluding carboxylic acids is 1. The van der Waals surface area contributed by atoms with Gasteiger partial charge in [-0.2, -0.15) is 13.2 Å². The molecule has 1 atom stereocenters. The first-order valence-electron chi connectivity index (χ1n) is 5.34. The van der Waals surface area contributed by atoms with E-state index in [1.54, 1.807) is 0 Å². The minimum Gasteiger partial charge on any atom is -0.341 e. The molecule has 0 fully saturated rings. The zero-order valence-corrected chi connectivity index (χ0v) is 9.88. The van der Waals surface area contributed by atoms with E-state index in [0.29, 0.717) is 0 Å². The average molecular weight is 263 g/mol. The van der Waals surface area contributed by atoms with Crippen molar-refractivity contribution in [3.8, 4) is 0 Å². The number of halogens is 4. The van der Waals surface area contributed by atoms with Crippen LogP contribution < -0.4 is 5.32 Å². The molecule has 0 aliphatic heterocycles. The lowest BCUT2D eigenvalue weighted by atomic mass is 10.1. The highest BCUT2D eigenvalue weighted by molar-refractivity contribution is 5.78. The summed E-state index contributed by atoms with van der Waals surface area (Å²) in [5.74, 6) is -1.90. The Bertz CT molecular complexity index is 411. The van der Waals surface area contributed by atoms with E-state index in [0.717, 1.165) is 24.3 Å². The molecule has 2 nitrogen and oxygen atoms in total. The van der Waals surface area contributed by atoms with Crippen LogP contribution in [0.2, 0.25) is 0 Å². The second-order valence-corrected chi connectivity index (χ2v) is 4.19. The van der Waals surface area contributed by atoms with E-state index >= 15 is 0 Å². The Kier molecular flexibility index (Phi) is 4.32. The van der Waals surface area contributed by atoms with Crippen LogP contribution in [0.5, 0.6) is 0 Å². The van der Waals surface area contributed by atoms with Gasteiger partial charge in [0.25, 0.3) is 0 Å². The number of carbonyl (C=O) groups is 1. The van der Waals surface area contributed by atoms with E-state index in [2.05, 4.69) is 0 Å². The van der Waals surface area contributed by atoms with Crippen molar-refractivity contribution in [3.63, 3.8) is 0 Å². The molecule has 1 rings (SSSR count). The van der Waals surface area contributed by atoms with Crippen LogP contribution in [0.1, 0.15) is 25.5 Å². The molecule has 0 aliphatic carbocycles. The van der Waals surface area contributed by atoms with Gasteiger partial charge in [-0.3, -0.25) is 4.79 Å². The maximum absolute atomic E-state index is 12.8. The lowest BCUT2D eigenvalue weighted by Crippen LogP contribution is -2.40. The summed E-state index contributed by atoms with van der Waals surface area (Å²) in [6.45, 7) is 2.99. The molecule has 0 radical (unpaired) electrons. The number of hydrogen-bond donors (Lipinski definition) is 1. The van der Waals surface area contributed by atoms with Crippen LogP contribution >= 0.6 is 0 Å². The van der Waals surface area contributed by atoms with Crippen molar-refractivity contribution in [2.45, 2.75) is 26.1 Å². The lowest BCUT2D eigenvalue weighted by molar-refractivity contribution is -0.164. The molecule has 1 aromatic carbocycles. The zero-order valence-electron chi connectivity index (χ0n) is 9.88. The smallest absolute Gasteiger partial charge is 0.341 e. The molecule has 0 unspecified atom stereocenters. The van der Waals surface area contributed by atoms with Crippen molar-refractivity contribution in [3.05, 3.63) is 35.6 Å². The third kappa shape index (κ3) is 3.72. The number of hydrogen-bond acceptors (Lipinski definition) is 1. The maximum Gasteiger partial charge on any atom is 0.412 e. The topological polar surface area (TPSA) is 29.1 Å². The molecule has 0 heterocycles. The minimum atomic E-state index is -4.62. The van der Waals surface area contributed by atoms with E-state index in [1.165, 1.54) is 13.8 Å². The molecule has 1 N–H and O–H groups in total. The third-order valence-electron chi connectivity index (χ3n) is 2.34. The predicted molar refractivity (Wildman–Crippen MR) is 58.2 cm³/mol. The first-order chi connectivity index (χ1) is 8.21. The fourth-order valence-electron chi connectivity index (χ4n) is 1.32. The first kappa shape index (κ1) is 14.5.